The van der Waals surface area contributed by atoms with Crippen LogP contribution in [0.15, 0.2) is 30.3 Å². The zero-order chi connectivity index (χ0) is 11.7. The predicted molar refractivity (Wildman–Crippen MR) is 67.8 cm³/mol. The van der Waals surface area contributed by atoms with Gasteiger partial charge in [-0.25, -0.2) is 0 Å². The maximum atomic E-state index is 6.10. The molecule has 0 bridgehead atoms. The molecule has 0 aliphatic heterocycles. The standard InChI is InChI=1S/C13H15ClN2/c1-9(2)16-12(10(3)13(14)15-16)11-7-5-4-6-8-11/h4-9H,1-3H3. The number of rotatable bonds is 2. The molecule has 3 heteroatoms. The van der Waals surface area contributed by atoms with Crippen molar-refractivity contribution in [1.82, 2.24) is 9.78 Å². The van der Waals surface area contributed by atoms with Gasteiger partial charge in [-0.05, 0) is 20.8 Å². The molecule has 0 radical (unpaired) electrons. The molecule has 0 aliphatic carbocycles. The van der Waals surface area contributed by atoms with Crippen LogP contribution < -0.4 is 0 Å². The van der Waals surface area contributed by atoms with Crippen molar-refractivity contribution >= 4 is 11.6 Å². The van der Waals surface area contributed by atoms with Gasteiger partial charge in [0, 0.05) is 17.2 Å². The monoisotopic (exact) mass is 234 g/mol. The first kappa shape index (κ1) is 11.2. The van der Waals surface area contributed by atoms with Crippen LogP contribution in [-0.2, 0) is 0 Å². The van der Waals surface area contributed by atoms with E-state index < -0.39 is 0 Å². The maximum Gasteiger partial charge on any atom is 0.154 e. The smallest absolute Gasteiger partial charge is 0.154 e. The normalized spacial score (nSPS) is 11.1. The highest BCUT2D eigenvalue weighted by Gasteiger charge is 2.15. The molecule has 0 fully saturated rings. The molecular formula is C13H15ClN2. The molecule has 1 heterocycles. The minimum Gasteiger partial charge on any atom is -0.261 e. The van der Waals surface area contributed by atoms with E-state index in [4.69, 9.17) is 11.6 Å². The van der Waals surface area contributed by atoms with Crippen molar-refractivity contribution in [2.75, 3.05) is 0 Å². The van der Waals surface area contributed by atoms with Crippen molar-refractivity contribution < 1.29 is 0 Å². The lowest BCUT2D eigenvalue weighted by Crippen LogP contribution is -2.04. The quantitative estimate of drug-likeness (QED) is 0.765. The van der Waals surface area contributed by atoms with Crippen LogP contribution in [0.5, 0.6) is 0 Å². The minimum atomic E-state index is 0.307. The summed E-state index contributed by atoms with van der Waals surface area (Å²) in [5, 5.41) is 4.96. The Morgan fingerprint density at radius 2 is 1.81 bits per heavy atom. The molecule has 2 aromatic rings. The number of hydrogen-bond acceptors (Lipinski definition) is 1. The molecule has 0 saturated carbocycles. The van der Waals surface area contributed by atoms with Gasteiger partial charge in [-0.1, -0.05) is 41.9 Å². The van der Waals surface area contributed by atoms with Crippen LogP contribution in [0.3, 0.4) is 0 Å². The van der Waals surface area contributed by atoms with Crippen LogP contribution in [-0.4, -0.2) is 9.78 Å². The molecule has 1 aromatic carbocycles. The van der Waals surface area contributed by atoms with E-state index in [9.17, 15) is 0 Å². The first-order chi connectivity index (χ1) is 7.61. The maximum absolute atomic E-state index is 6.10. The van der Waals surface area contributed by atoms with Crippen molar-refractivity contribution in [2.24, 2.45) is 0 Å². The molecule has 2 nitrogen and oxygen atoms in total. The summed E-state index contributed by atoms with van der Waals surface area (Å²) in [6, 6.07) is 10.5. The van der Waals surface area contributed by atoms with E-state index in [0.29, 0.717) is 11.2 Å². The molecule has 16 heavy (non-hydrogen) atoms. The van der Waals surface area contributed by atoms with Crippen molar-refractivity contribution in [1.29, 1.82) is 0 Å². The van der Waals surface area contributed by atoms with Crippen LogP contribution in [0.1, 0.15) is 25.5 Å². The van der Waals surface area contributed by atoms with Crippen LogP contribution in [0.2, 0.25) is 5.15 Å². The van der Waals surface area contributed by atoms with Gasteiger partial charge in [0.1, 0.15) is 0 Å². The van der Waals surface area contributed by atoms with Crippen molar-refractivity contribution in [3.05, 3.63) is 41.0 Å². The highest BCUT2D eigenvalue weighted by atomic mass is 35.5. The van der Waals surface area contributed by atoms with Crippen LogP contribution >= 0.6 is 11.6 Å². The fraction of sp³-hybridized carbons (Fsp3) is 0.308. The molecule has 0 aliphatic rings. The third-order valence-electron chi connectivity index (χ3n) is 2.63. The van der Waals surface area contributed by atoms with Gasteiger partial charge in [-0.2, -0.15) is 5.10 Å². The molecule has 0 spiro atoms. The first-order valence-corrected chi connectivity index (χ1v) is 5.79. The fourth-order valence-corrected chi connectivity index (χ4v) is 1.98. The molecule has 0 saturated heterocycles. The molecule has 0 unspecified atom stereocenters. The average molecular weight is 235 g/mol. The summed E-state index contributed by atoms with van der Waals surface area (Å²) < 4.78 is 1.98. The summed E-state index contributed by atoms with van der Waals surface area (Å²) in [5.41, 5.74) is 3.32. The SMILES string of the molecule is Cc1c(Cl)nn(C(C)C)c1-c1ccccc1. The summed E-state index contributed by atoms with van der Waals surface area (Å²) in [6.07, 6.45) is 0. The Bertz CT molecular complexity index is 486. The van der Waals surface area contributed by atoms with Crippen LogP contribution in [0.4, 0.5) is 0 Å². The Hall–Kier alpha value is -1.28. The average Bonchev–Trinajstić information content (AvgIpc) is 2.57. The lowest BCUT2D eigenvalue weighted by atomic mass is 10.1. The van der Waals surface area contributed by atoms with Gasteiger partial charge in [-0.15, -0.1) is 0 Å². The first-order valence-electron chi connectivity index (χ1n) is 5.41. The van der Waals surface area contributed by atoms with Gasteiger partial charge in [0.2, 0.25) is 0 Å². The number of nitrogens with zero attached hydrogens (tertiary/aromatic N) is 2. The van der Waals surface area contributed by atoms with Gasteiger partial charge in [-0.3, -0.25) is 4.68 Å². The third kappa shape index (κ3) is 1.85. The Morgan fingerprint density at radius 1 is 1.19 bits per heavy atom. The summed E-state index contributed by atoms with van der Waals surface area (Å²) in [4.78, 5) is 0. The van der Waals surface area contributed by atoms with E-state index in [1.165, 1.54) is 0 Å². The van der Waals surface area contributed by atoms with Crippen molar-refractivity contribution in [3.63, 3.8) is 0 Å². The topological polar surface area (TPSA) is 17.8 Å². The van der Waals surface area contributed by atoms with Crippen molar-refractivity contribution in [2.45, 2.75) is 26.8 Å². The zero-order valence-electron chi connectivity index (χ0n) is 9.74. The Balaban J connectivity index is 2.64. The summed E-state index contributed by atoms with van der Waals surface area (Å²) in [6.45, 7) is 6.22. The van der Waals surface area contributed by atoms with Gasteiger partial charge in [0.15, 0.2) is 5.15 Å². The van der Waals surface area contributed by atoms with Gasteiger partial charge < -0.3 is 0 Å². The Morgan fingerprint density at radius 3 is 2.38 bits per heavy atom. The second-order valence-electron chi connectivity index (χ2n) is 4.17. The minimum absolute atomic E-state index is 0.307. The van der Waals surface area contributed by atoms with E-state index >= 15 is 0 Å². The van der Waals surface area contributed by atoms with E-state index in [2.05, 4.69) is 31.1 Å². The largest absolute Gasteiger partial charge is 0.261 e. The molecule has 0 amide bonds. The lowest BCUT2D eigenvalue weighted by Gasteiger charge is -2.11. The van der Waals surface area contributed by atoms with Crippen molar-refractivity contribution in [3.8, 4) is 11.3 Å². The Kier molecular flexibility index (Phi) is 3.01. The molecule has 0 atom stereocenters. The van der Waals surface area contributed by atoms with Gasteiger partial charge in [0.05, 0.1) is 5.69 Å². The van der Waals surface area contributed by atoms with Crippen LogP contribution in [0, 0.1) is 6.92 Å². The predicted octanol–water partition coefficient (Wildman–Crippen LogP) is 4.09. The van der Waals surface area contributed by atoms with E-state index in [1.54, 1.807) is 0 Å². The highest BCUT2D eigenvalue weighted by Crippen LogP contribution is 2.30. The second-order valence-corrected chi connectivity index (χ2v) is 4.53. The number of hydrogen-bond donors (Lipinski definition) is 0. The molecule has 84 valence electrons. The fourth-order valence-electron chi connectivity index (χ4n) is 1.81. The molecule has 1 aromatic heterocycles. The van der Waals surface area contributed by atoms with Gasteiger partial charge in [0.25, 0.3) is 0 Å². The zero-order valence-corrected chi connectivity index (χ0v) is 10.5. The Labute approximate surface area is 101 Å². The third-order valence-corrected chi connectivity index (χ3v) is 2.98. The summed E-state index contributed by atoms with van der Waals surface area (Å²) in [5.74, 6) is 0. The van der Waals surface area contributed by atoms with E-state index in [0.717, 1.165) is 16.8 Å². The molecular weight excluding hydrogens is 220 g/mol. The van der Waals surface area contributed by atoms with E-state index in [-0.39, 0.29) is 0 Å². The molecule has 0 N–H and O–H groups in total. The number of benzene rings is 1. The molecule has 2 rings (SSSR count). The number of aromatic nitrogens is 2. The second kappa shape index (κ2) is 4.30. The van der Waals surface area contributed by atoms with Gasteiger partial charge >= 0.3 is 0 Å². The summed E-state index contributed by atoms with van der Waals surface area (Å²) >= 11 is 6.10. The number of halogens is 1. The highest BCUT2D eigenvalue weighted by molar-refractivity contribution is 6.30. The van der Waals surface area contributed by atoms with Crippen LogP contribution in [0.25, 0.3) is 11.3 Å². The van der Waals surface area contributed by atoms with E-state index in [1.807, 2.05) is 29.8 Å². The lowest BCUT2D eigenvalue weighted by molar-refractivity contribution is 0.538. The summed E-state index contributed by atoms with van der Waals surface area (Å²) in [7, 11) is 0.